The molecule has 0 radical (unpaired) electrons. The molecule has 2 fully saturated rings. The first-order chi connectivity index (χ1) is 14.3. The molecule has 164 valence electrons. The van der Waals surface area contributed by atoms with Crippen LogP contribution < -0.4 is 4.90 Å². The fourth-order valence-corrected chi connectivity index (χ4v) is 4.31. The summed E-state index contributed by atoms with van der Waals surface area (Å²) in [6.45, 7) is 4.66. The second-order valence-electron chi connectivity index (χ2n) is 8.89. The third-order valence-electron chi connectivity index (χ3n) is 5.94. The molecule has 1 aliphatic carbocycles. The molecule has 0 spiro atoms. The van der Waals surface area contributed by atoms with E-state index < -0.39 is 0 Å². The second-order valence-corrected chi connectivity index (χ2v) is 8.89. The summed E-state index contributed by atoms with van der Waals surface area (Å²) < 4.78 is 13.2. The maximum Gasteiger partial charge on any atom is 0.248 e. The molecule has 7 heteroatoms. The minimum absolute atomic E-state index is 0.00772. The van der Waals surface area contributed by atoms with Crippen LogP contribution in [0, 0.1) is 17.7 Å². The molecule has 0 unspecified atom stereocenters. The van der Waals surface area contributed by atoms with E-state index in [1.54, 1.807) is 4.90 Å². The Morgan fingerprint density at radius 3 is 2.47 bits per heavy atom. The van der Waals surface area contributed by atoms with Crippen LogP contribution in [0.1, 0.15) is 52.4 Å². The number of benzene rings is 1. The van der Waals surface area contributed by atoms with Gasteiger partial charge in [0.2, 0.25) is 17.7 Å². The molecule has 1 aliphatic heterocycles. The van der Waals surface area contributed by atoms with Crippen LogP contribution in [0.5, 0.6) is 0 Å². The number of nitrogens with zero attached hydrogens (tertiary/aromatic N) is 3. The van der Waals surface area contributed by atoms with Gasteiger partial charge >= 0.3 is 0 Å². The number of carbonyl (C=O) groups is 3. The lowest BCUT2D eigenvalue weighted by Gasteiger charge is -2.27. The average molecular weight is 418 g/mol. The normalized spacial score (nSPS) is 17.3. The van der Waals surface area contributed by atoms with Crippen LogP contribution in [0.15, 0.2) is 24.3 Å². The highest BCUT2D eigenvalue weighted by Crippen LogP contribution is 2.28. The van der Waals surface area contributed by atoms with Gasteiger partial charge in [-0.15, -0.1) is 0 Å². The van der Waals surface area contributed by atoms with Crippen LogP contribution >= 0.6 is 0 Å². The maximum absolute atomic E-state index is 13.2. The molecule has 0 aromatic heterocycles. The average Bonchev–Trinajstić information content (AvgIpc) is 3.35. The SMILES string of the molecule is CC(C)CN(CC(=O)N1CC(=O)N(c2ccc(F)cc2)C1)C(=O)CCC1CCCC1. The predicted octanol–water partition coefficient (Wildman–Crippen LogP) is 3.41. The highest BCUT2D eigenvalue weighted by molar-refractivity contribution is 6.00. The molecule has 3 amide bonds. The van der Waals surface area contributed by atoms with Gasteiger partial charge in [0.25, 0.3) is 0 Å². The topological polar surface area (TPSA) is 60.9 Å². The Hall–Kier alpha value is -2.44. The quantitative estimate of drug-likeness (QED) is 0.651. The number of hydrogen-bond donors (Lipinski definition) is 0. The Morgan fingerprint density at radius 1 is 1.17 bits per heavy atom. The van der Waals surface area contributed by atoms with Gasteiger partial charge in [-0.1, -0.05) is 39.5 Å². The van der Waals surface area contributed by atoms with E-state index >= 15 is 0 Å². The molecule has 1 aromatic rings. The fourth-order valence-electron chi connectivity index (χ4n) is 4.31. The Labute approximate surface area is 178 Å². The molecular weight excluding hydrogens is 385 g/mol. The van der Waals surface area contributed by atoms with Crippen LogP contribution in [-0.4, -0.2) is 53.8 Å². The first kappa shape index (κ1) is 22.2. The zero-order valence-corrected chi connectivity index (χ0v) is 18.0. The van der Waals surface area contributed by atoms with Crippen molar-refractivity contribution in [2.45, 2.75) is 52.4 Å². The minimum Gasteiger partial charge on any atom is -0.333 e. The van der Waals surface area contributed by atoms with E-state index in [-0.39, 0.29) is 49.2 Å². The largest absolute Gasteiger partial charge is 0.333 e. The maximum atomic E-state index is 13.2. The monoisotopic (exact) mass is 417 g/mol. The smallest absolute Gasteiger partial charge is 0.248 e. The molecule has 1 heterocycles. The molecular formula is C23H32FN3O3. The molecule has 6 nitrogen and oxygen atoms in total. The van der Waals surface area contributed by atoms with Gasteiger partial charge < -0.3 is 9.80 Å². The summed E-state index contributed by atoms with van der Waals surface area (Å²) in [5, 5.41) is 0. The van der Waals surface area contributed by atoms with Crippen LogP contribution in [0.2, 0.25) is 0 Å². The fraction of sp³-hybridized carbons (Fsp3) is 0.609. The summed E-state index contributed by atoms with van der Waals surface area (Å²) in [7, 11) is 0. The lowest BCUT2D eigenvalue weighted by Crippen LogP contribution is -2.44. The van der Waals surface area contributed by atoms with Crippen molar-refractivity contribution in [2.24, 2.45) is 11.8 Å². The van der Waals surface area contributed by atoms with E-state index in [0.717, 1.165) is 6.42 Å². The summed E-state index contributed by atoms with van der Waals surface area (Å²) in [6.07, 6.45) is 6.27. The van der Waals surface area contributed by atoms with Crippen LogP contribution in [0.25, 0.3) is 0 Å². The van der Waals surface area contributed by atoms with Crippen molar-refractivity contribution in [2.75, 3.05) is 31.2 Å². The summed E-state index contributed by atoms with van der Waals surface area (Å²) in [4.78, 5) is 42.6. The van der Waals surface area contributed by atoms with Gasteiger partial charge in [0.05, 0.1) is 6.54 Å². The summed E-state index contributed by atoms with van der Waals surface area (Å²) >= 11 is 0. The van der Waals surface area contributed by atoms with Crippen molar-refractivity contribution in [1.29, 1.82) is 0 Å². The van der Waals surface area contributed by atoms with Crippen molar-refractivity contribution in [3.8, 4) is 0 Å². The number of carbonyl (C=O) groups excluding carboxylic acids is 3. The summed E-state index contributed by atoms with van der Waals surface area (Å²) in [5.41, 5.74) is 0.559. The molecule has 0 bridgehead atoms. The van der Waals surface area contributed by atoms with Gasteiger partial charge in [0.1, 0.15) is 19.0 Å². The van der Waals surface area contributed by atoms with E-state index in [0.29, 0.717) is 24.6 Å². The van der Waals surface area contributed by atoms with Crippen molar-refractivity contribution in [1.82, 2.24) is 9.80 Å². The van der Waals surface area contributed by atoms with Gasteiger partial charge in [-0.25, -0.2) is 4.39 Å². The van der Waals surface area contributed by atoms with Crippen molar-refractivity contribution < 1.29 is 18.8 Å². The Balaban J connectivity index is 1.58. The third-order valence-corrected chi connectivity index (χ3v) is 5.94. The zero-order chi connectivity index (χ0) is 21.7. The molecule has 1 aromatic carbocycles. The Bertz CT molecular complexity index is 759. The highest BCUT2D eigenvalue weighted by Gasteiger charge is 2.33. The minimum atomic E-state index is -0.376. The van der Waals surface area contributed by atoms with Crippen molar-refractivity contribution >= 4 is 23.4 Å². The summed E-state index contributed by atoms with van der Waals surface area (Å²) in [6, 6.07) is 5.64. The summed E-state index contributed by atoms with van der Waals surface area (Å²) in [5.74, 6) is 0.0829. The predicted molar refractivity (Wildman–Crippen MR) is 113 cm³/mol. The molecule has 2 aliphatic rings. The molecule has 0 N–H and O–H groups in total. The lowest BCUT2D eigenvalue weighted by molar-refractivity contribution is -0.140. The van der Waals surface area contributed by atoms with Crippen LogP contribution in [0.4, 0.5) is 10.1 Å². The van der Waals surface area contributed by atoms with Crippen molar-refractivity contribution in [3.63, 3.8) is 0 Å². The Morgan fingerprint density at radius 2 is 1.83 bits per heavy atom. The highest BCUT2D eigenvalue weighted by atomic mass is 19.1. The van der Waals surface area contributed by atoms with Gasteiger partial charge in [0, 0.05) is 18.7 Å². The first-order valence-corrected chi connectivity index (χ1v) is 10.9. The van der Waals surface area contributed by atoms with E-state index in [9.17, 15) is 18.8 Å². The molecule has 1 saturated heterocycles. The van der Waals surface area contributed by atoms with Gasteiger partial charge in [0.15, 0.2) is 0 Å². The van der Waals surface area contributed by atoms with Crippen molar-refractivity contribution in [3.05, 3.63) is 30.1 Å². The van der Waals surface area contributed by atoms with E-state index in [4.69, 9.17) is 0 Å². The second kappa shape index (κ2) is 10.0. The molecule has 1 saturated carbocycles. The third kappa shape index (κ3) is 5.80. The van der Waals surface area contributed by atoms with Crippen LogP contribution in [-0.2, 0) is 14.4 Å². The van der Waals surface area contributed by atoms with Gasteiger partial charge in [-0.3, -0.25) is 19.3 Å². The lowest BCUT2D eigenvalue weighted by atomic mass is 10.0. The van der Waals surface area contributed by atoms with E-state index in [2.05, 4.69) is 0 Å². The van der Waals surface area contributed by atoms with Crippen LogP contribution in [0.3, 0.4) is 0 Å². The van der Waals surface area contributed by atoms with E-state index in [1.807, 2.05) is 13.8 Å². The first-order valence-electron chi connectivity index (χ1n) is 10.9. The molecule has 0 atom stereocenters. The zero-order valence-electron chi connectivity index (χ0n) is 18.0. The number of amides is 3. The number of rotatable bonds is 8. The van der Waals surface area contributed by atoms with Gasteiger partial charge in [-0.2, -0.15) is 0 Å². The number of anilines is 1. The van der Waals surface area contributed by atoms with E-state index in [1.165, 1.54) is 59.7 Å². The number of hydrogen-bond acceptors (Lipinski definition) is 3. The standard InChI is InChI=1S/C23H32FN3O3/c1-17(2)13-25(21(28)12-7-18-5-3-4-6-18)14-22(29)26-15-23(30)27(16-26)20-10-8-19(24)9-11-20/h8-11,17-18H,3-7,12-16H2,1-2H3. The van der Waals surface area contributed by atoms with Gasteiger partial charge in [-0.05, 0) is 42.5 Å². The number of halogens is 1. The Kier molecular flexibility index (Phi) is 7.45. The molecule has 3 rings (SSSR count). The molecule has 30 heavy (non-hydrogen) atoms.